The normalized spacial score (nSPS) is 18.3. The molecule has 0 bridgehead atoms. The summed E-state index contributed by atoms with van der Waals surface area (Å²) in [6, 6.07) is 10.2. The quantitative estimate of drug-likeness (QED) is 0.788. The molecule has 0 saturated carbocycles. The summed E-state index contributed by atoms with van der Waals surface area (Å²) in [6.45, 7) is 4.85. The van der Waals surface area contributed by atoms with Crippen LogP contribution in [0, 0.1) is 17.2 Å². The van der Waals surface area contributed by atoms with Gasteiger partial charge in [0.2, 0.25) is 0 Å². The second-order valence-corrected chi connectivity index (χ2v) is 7.78. The number of anilines is 1. The standard InChI is InChI=1S/C22H26N4O/c23-15-18-5-7-21(20-3-1-10-24-22(18)20)26-13-8-17(9-14-26)4-6-19(27)16-25-11-2-12-25/h1,3,5,7,10,17H,2,4,6,8-9,11-14,16H2. The molecule has 0 atom stereocenters. The summed E-state index contributed by atoms with van der Waals surface area (Å²) >= 11 is 0. The van der Waals surface area contributed by atoms with Crippen molar-refractivity contribution >= 4 is 22.4 Å². The van der Waals surface area contributed by atoms with Gasteiger partial charge in [-0.05, 0) is 69.0 Å². The lowest BCUT2D eigenvalue weighted by Gasteiger charge is -2.34. The Morgan fingerprint density at radius 3 is 2.70 bits per heavy atom. The number of Topliss-reactive ketones (excluding diaryl/α,β-unsaturated/α-hetero) is 1. The predicted molar refractivity (Wildman–Crippen MR) is 107 cm³/mol. The van der Waals surface area contributed by atoms with Crippen molar-refractivity contribution in [2.45, 2.75) is 32.1 Å². The minimum absolute atomic E-state index is 0.404. The Hall–Kier alpha value is -2.45. The molecule has 2 saturated heterocycles. The summed E-state index contributed by atoms with van der Waals surface area (Å²) in [6.07, 6.45) is 6.99. The highest BCUT2D eigenvalue weighted by molar-refractivity contribution is 5.95. The van der Waals surface area contributed by atoms with E-state index < -0.39 is 0 Å². The number of ketones is 1. The van der Waals surface area contributed by atoms with Crippen LogP contribution in [-0.4, -0.2) is 48.4 Å². The number of aromatic nitrogens is 1. The molecule has 5 heteroatoms. The van der Waals surface area contributed by atoms with Gasteiger partial charge >= 0.3 is 0 Å². The van der Waals surface area contributed by atoms with Gasteiger partial charge < -0.3 is 4.90 Å². The summed E-state index contributed by atoms with van der Waals surface area (Å²) in [5.74, 6) is 1.05. The van der Waals surface area contributed by atoms with Crippen LogP contribution in [0.4, 0.5) is 5.69 Å². The fraction of sp³-hybridized carbons (Fsp3) is 0.500. The minimum Gasteiger partial charge on any atom is -0.371 e. The monoisotopic (exact) mass is 362 g/mol. The molecule has 140 valence electrons. The highest BCUT2D eigenvalue weighted by Gasteiger charge is 2.23. The first-order chi connectivity index (χ1) is 13.2. The molecular weight excluding hydrogens is 336 g/mol. The van der Waals surface area contributed by atoms with Gasteiger partial charge in [0.15, 0.2) is 0 Å². The average molecular weight is 362 g/mol. The molecule has 27 heavy (non-hydrogen) atoms. The third-order valence-corrected chi connectivity index (χ3v) is 6.00. The predicted octanol–water partition coefficient (Wildman–Crippen LogP) is 3.38. The molecule has 0 N–H and O–H groups in total. The van der Waals surface area contributed by atoms with Crippen molar-refractivity contribution in [2.24, 2.45) is 5.92 Å². The number of nitriles is 1. The largest absolute Gasteiger partial charge is 0.371 e. The number of carbonyl (C=O) groups excluding carboxylic acids is 1. The summed E-state index contributed by atoms with van der Waals surface area (Å²) in [5.41, 5.74) is 2.59. The number of rotatable bonds is 6. The molecule has 1 aromatic heterocycles. The van der Waals surface area contributed by atoms with Gasteiger partial charge in [-0.25, -0.2) is 0 Å². The van der Waals surface area contributed by atoms with Crippen LogP contribution in [0.3, 0.4) is 0 Å². The van der Waals surface area contributed by atoms with Gasteiger partial charge in [-0.2, -0.15) is 5.26 Å². The van der Waals surface area contributed by atoms with Crippen LogP contribution in [0.1, 0.15) is 37.7 Å². The summed E-state index contributed by atoms with van der Waals surface area (Å²) < 4.78 is 0. The maximum Gasteiger partial charge on any atom is 0.146 e. The van der Waals surface area contributed by atoms with Crippen LogP contribution in [0.5, 0.6) is 0 Å². The lowest BCUT2D eigenvalue weighted by atomic mass is 9.90. The van der Waals surface area contributed by atoms with Gasteiger partial charge in [0.1, 0.15) is 11.9 Å². The van der Waals surface area contributed by atoms with Gasteiger partial charge in [-0.1, -0.05) is 0 Å². The minimum atomic E-state index is 0.404. The van der Waals surface area contributed by atoms with Crippen LogP contribution in [-0.2, 0) is 4.79 Å². The third-order valence-electron chi connectivity index (χ3n) is 6.00. The number of carbonyl (C=O) groups is 1. The Morgan fingerprint density at radius 1 is 1.19 bits per heavy atom. The smallest absolute Gasteiger partial charge is 0.146 e. The number of benzene rings is 1. The van der Waals surface area contributed by atoms with Crippen molar-refractivity contribution in [3.05, 3.63) is 36.0 Å². The first-order valence-corrected chi connectivity index (χ1v) is 10.0. The number of hydrogen-bond donors (Lipinski definition) is 0. The van der Waals surface area contributed by atoms with Crippen LogP contribution in [0.2, 0.25) is 0 Å². The van der Waals surface area contributed by atoms with Crippen LogP contribution in [0.15, 0.2) is 30.5 Å². The first kappa shape index (κ1) is 17.9. The second kappa shape index (κ2) is 8.06. The number of pyridine rings is 1. The lowest BCUT2D eigenvalue weighted by Crippen LogP contribution is -2.40. The Labute approximate surface area is 160 Å². The van der Waals surface area contributed by atoms with Crippen LogP contribution < -0.4 is 4.90 Å². The molecule has 2 aromatic rings. The van der Waals surface area contributed by atoms with Crippen molar-refractivity contribution in [2.75, 3.05) is 37.6 Å². The van der Waals surface area contributed by atoms with Crippen molar-refractivity contribution < 1.29 is 4.79 Å². The van der Waals surface area contributed by atoms with Gasteiger partial charge in [0.25, 0.3) is 0 Å². The zero-order valence-corrected chi connectivity index (χ0v) is 15.7. The van der Waals surface area contributed by atoms with E-state index in [1.54, 1.807) is 6.20 Å². The first-order valence-electron chi connectivity index (χ1n) is 10.0. The molecule has 0 radical (unpaired) electrons. The van der Waals surface area contributed by atoms with E-state index in [4.69, 9.17) is 0 Å². The molecular formula is C22H26N4O. The SMILES string of the molecule is N#Cc1ccc(N2CCC(CCC(=O)CN3CCC3)CC2)c2cccnc12. The number of likely N-dealkylation sites (tertiary alicyclic amines) is 1. The van der Waals surface area contributed by atoms with Crippen molar-refractivity contribution in [1.82, 2.24) is 9.88 Å². The fourth-order valence-electron chi connectivity index (χ4n) is 4.22. The topological polar surface area (TPSA) is 60.2 Å². The Bertz CT molecular complexity index is 860. The highest BCUT2D eigenvalue weighted by atomic mass is 16.1. The maximum atomic E-state index is 12.1. The molecule has 2 fully saturated rings. The molecule has 0 unspecified atom stereocenters. The average Bonchev–Trinajstić information content (AvgIpc) is 2.69. The molecule has 2 aliphatic rings. The summed E-state index contributed by atoms with van der Waals surface area (Å²) in [4.78, 5) is 21.2. The van der Waals surface area contributed by atoms with E-state index in [2.05, 4.69) is 33.0 Å². The van der Waals surface area contributed by atoms with Gasteiger partial charge in [-0.15, -0.1) is 0 Å². The van der Waals surface area contributed by atoms with E-state index in [1.165, 1.54) is 12.1 Å². The van der Waals surface area contributed by atoms with E-state index in [0.29, 0.717) is 23.8 Å². The van der Waals surface area contributed by atoms with Gasteiger partial charge in [-0.3, -0.25) is 14.7 Å². The van der Waals surface area contributed by atoms with Gasteiger partial charge in [0, 0.05) is 36.8 Å². The Balaban J connectivity index is 1.35. The number of nitrogens with zero attached hydrogens (tertiary/aromatic N) is 4. The molecule has 2 aliphatic heterocycles. The number of hydrogen-bond acceptors (Lipinski definition) is 5. The third kappa shape index (κ3) is 3.96. The molecule has 0 spiro atoms. The van der Waals surface area contributed by atoms with Crippen molar-refractivity contribution in [1.29, 1.82) is 5.26 Å². The number of piperidine rings is 1. The van der Waals surface area contributed by atoms with E-state index in [9.17, 15) is 10.1 Å². The molecule has 0 amide bonds. The van der Waals surface area contributed by atoms with E-state index in [-0.39, 0.29) is 0 Å². The fourth-order valence-corrected chi connectivity index (χ4v) is 4.22. The number of fused-ring (bicyclic) bond motifs is 1. The Kier molecular flexibility index (Phi) is 5.35. The lowest BCUT2D eigenvalue weighted by molar-refractivity contribution is -0.121. The van der Waals surface area contributed by atoms with Crippen molar-refractivity contribution in [3.8, 4) is 6.07 Å². The van der Waals surface area contributed by atoms with Gasteiger partial charge in [0.05, 0.1) is 17.6 Å². The van der Waals surface area contributed by atoms with E-state index in [0.717, 1.165) is 62.8 Å². The highest BCUT2D eigenvalue weighted by Crippen LogP contribution is 2.32. The summed E-state index contributed by atoms with van der Waals surface area (Å²) in [5, 5.41) is 10.4. The van der Waals surface area contributed by atoms with E-state index >= 15 is 0 Å². The molecule has 3 heterocycles. The summed E-state index contributed by atoms with van der Waals surface area (Å²) in [7, 11) is 0. The zero-order valence-electron chi connectivity index (χ0n) is 15.7. The van der Waals surface area contributed by atoms with Crippen LogP contribution >= 0.6 is 0 Å². The maximum absolute atomic E-state index is 12.1. The molecule has 0 aliphatic carbocycles. The van der Waals surface area contributed by atoms with Crippen LogP contribution in [0.25, 0.3) is 10.9 Å². The zero-order chi connectivity index (χ0) is 18.6. The second-order valence-electron chi connectivity index (χ2n) is 7.78. The Morgan fingerprint density at radius 2 is 2.00 bits per heavy atom. The van der Waals surface area contributed by atoms with E-state index in [1.807, 2.05) is 12.1 Å². The molecule has 4 rings (SSSR count). The molecule has 5 nitrogen and oxygen atoms in total. The van der Waals surface area contributed by atoms with Crippen molar-refractivity contribution in [3.63, 3.8) is 0 Å². The molecule has 1 aromatic carbocycles.